The first-order valence-corrected chi connectivity index (χ1v) is 6.21. The first-order chi connectivity index (χ1) is 9.56. The highest BCUT2D eigenvalue weighted by atomic mass is 16.4. The molecule has 2 N–H and O–H groups in total. The van der Waals surface area contributed by atoms with Crippen LogP contribution in [0.4, 0.5) is 17.1 Å². The summed E-state index contributed by atoms with van der Waals surface area (Å²) in [6.07, 6.45) is 0. The smallest absolute Gasteiger partial charge is 0.423 e. The molecule has 6 heteroatoms. The predicted octanol–water partition coefficient (Wildman–Crippen LogP) is 1.85. The second-order valence-electron chi connectivity index (χ2n) is 4.58. The lowest BCUT2D eigenvalue weighted by molar-refractivity contribution is 0.426. The van der Waals surface area contributed by atoms with E-state index >= 15 is 0 Å². The summed E-state index contributed by atoms with van der Waals surface area (Å²) in [5.41, 5.74) is 2.96. The van der Waals surface area contributed by atoms with Gasteiger partial charge >= 0.3 is 7.12 Å². The third-order valence-corrected chi connectivity index (χ3v) is 2.84. The molecule has 0 atom stereocenters. The Hall–Kier alpha value is -2.18. The first kappa shape index (κ1) is 14.2. The standard InChI is InChI=1S/C14H16BN3O2/c1-18(2)14-9-7-13(8-10-14)17-16-12-5-3-11(4-6-12)15(19)20/h3-10,19-20H,1-2H3/b17-16+. The second-order valence-corrected chi connectivity index (χ2v) is 4.58. The summed E-state index contributed by atoms with van der Waals surface area (Å²) in [4.78, 5) is 2.01. The number of hydrogen-bond donors (Lipinski definition) is 2. The Bertz CT molecular complexity index is 527. The molecule has 0 heterocycles. The maximum absolute atomic E-state index is 8.99. The SMILES string of the molecule is CN(C)c1ccc(/N=N/c2ccc(B(O)O)cc2)cc1. The van der Waals surface area contributed by atoms with Gasteiger partial charge in [-0.2, -0.15) is 10.2 Å². The van der Waals surface area contributed by atoms with Gasteiger partial charge in [0.05, 0.1) is 11.4 Å². The number of benzene rings is 2. The number of azo groups is 1. The van der Waals surface area contributed by atoms with Crippen LogP contribution in [0.2, 0.25) is 0 Å². The summed E-state index contributed by atoms with van der Waals surface area (Å²) in [7, 11) is 2.50. The van der Waals surface area contributed by atoms with Crippen LogP contribution in [0.25, 0.3) is 0 Å². The van der Waals surface area contributed by atoms with E-state index in [0.717, 1.165) is 11.4 Å². The van der Waals surface area contributed by atoms with E-state index in [2.05, 4.69) is 10.2 Å². The zero-order valence-electron chi connectivity index (χ0n) is 11.4. The van der Waals surface area contributed by atoms with Gasteiger partial charge in [0.2, 0.25) is 0 Å². The minimum absolute atomic E-state index is 0.430. The van der Waals surface area contributed by atoms with Crippen molar-refractivity contribution >= 4 is 29.6 Å². The van der Waals surface area contributed by atoms with Gasteiger partial charge in [-0.05, 0) is 41.9 Å². The molecule has 0 aliphatic carbocycles. The van der Waals surface area contributed by atoms with E-state index in [4.69, 9.17) is 10.0 Å². The number of hydrogen-bond acceptors (Lipinski definition) is 5. The zero-order valence-corrected chi connectivity index (χ0v) is 11.4. The fraction of sp³-hybridized carbons (Fsp3) is 0.143. The molecule has 0 unspecified atom stereocenters. The Morgan fingerprint density at radius 3 is 1.65 bits per heavy atom. The summed E-state index contributed by atoms with van der Waals surface area (Å²) < 4.78 is 0. The van der Waals surface area contributed by atoms with Crippen molar-refractivity contribution in [3.05, 3.63) is 48.5 Å². The highest BCUT2D eigenvalue weighted by molar-refractivity contribution is 6.58. The third kappa shape index (κ3) is 3.66. The molecule has 0 saturated heterocycles. The summed E-state index contributed by atoms with van der Waals surface area (Å²) >= 11 is 0. The molecule has 0 fully saturated rings. The van der Waals surface area contributed by atoms with Gasteiger partial charge in [0.15, 0.2) is 0 Å². The van der Waals surface area contributed by atoms with Gasteiger partial charge < -0.3 is 14.9 Å². The van der Waals surface area contributed by atoms with E-state index in [1.165, 1.54) is 0 Å². The Labute approximate surface area is 118 Å². The van der Waals surface area contributed by atoms with Crippen LogP contribution in [0.15, 0.2) is 58.8 Å². The van der Waals surface area contributed by atoms with Gasteiger partial charge in [0.1, 0.15) is 0 Å². The van der Waals surface area contributed by atoms with Gasteiger partial charge in [-0.15, -0.1) is 0 Å². The van der Waals surface area contributed by atoms with Crippen LogP contribution in [0.5, 0.6) is 0 Å². The van der Waals surface area contributed by atoms with E-state index < -0.39 is 7.12 Å². The van der Waals surface area contributed by atoms with E-state index in [0.29, 0.717) is 11.2 Å². The van der Waals surface area contributed by atoms with Crippen LogP contribution in [0.3, 0.4) is 0 Å². The van der Waals surface area contributed by atoms with Crippen LogP contribution in [-0.2, 0) is 0 Å². The molecule has 0 bridgehead atoms. The first-order valence-electron chi connectivity index (χ1n) is 6.21. The molecule has 2 aromatic rings. The van der Waals surface area contributed by atoms with Crippen molar-refractivity contribution in [1.82, 2.24) is 0 Å². The molecule has 2 rings (SSSR count). The fourth-order valence-corrected chi connectivity index (χ4v) is 1.65. The Balaban J connectivity index is 2.08. The lowest BCUT2D eigenvalue weighted by Gasteiger charge is -2.11. The van der Waals surface area contributed by atoms with Crippen molar-refractivity contribution in [2.75, 3.05) is 19.0 Å². The van der Waals surface area contributed by atoms with Crippen LogP contribution in [0, 0.1) is 0 Å². The molecule has 0 spiro atoms. The molecule has 0 saturated carbocycles. The molecule has 0 aliphatic rings. The minimum Gasteiger partial charge on any atom is -0.423 e. The molecule has 0 radical (unpaired) electrons. The van der Waals surface area contributed by atoms with Crippen molar-refractivity contribution in [1.29, 1.82) is 0 Å². The topological polar surface area (TPSA) is 68.4 Å². The lowest BCUT2D eigenvalue weighted by atomic mass is 9.80. The maximum atomic E-state index is 8.99. The summed E-state index contributed by atoms with van der Waals surface area (Å²) in [6, 6.07) is 14.3. The predicted molar refractivity (Wildman–Crippen MR) is 81.2 cm³/mol. The Kier molecular flexibility index (Phi) is 4.50. The highest BCUT2D eigenvalue weighted by Gasteiger charge is 2.09. The summed E-state index contributed by atoms with van der Waals surface area (Å²) in [5.74, 6) is 0. The quantitative estimate of drug-likeness (QED) is 0.657. The number of rotatable bonds is 4. The third-order valence-electron chi connectivity index (χ3n) is 2.84. The van der Waals surface area contributed by atoms with E-state index in [9.17, 15) is 0 Å². The van der Waals surface area contributed by atoms with Crippen molar-refractivity contribution in [2.45, 2.75) is 0 Å². The molecular formula is C14H16BN3O2. The zero-order chi connectivity index (χ0) is 14.5. The summed E-state index contributed by atoms with van der Waals surface area (Å²) in [6.45, 7) is 0. The monoisotopic (exact) mass is 269 g/mol. The fourth-order valence-electron chi connectivity index (χ4n) is 1.65. The molecule has 5 nitrogen and oxygen atoms in total. The molecule has 0 aliphatic heterocycles. The second kappa shape index (κ2) is 6.32. The van der Waals surface area contributed by atoms with Crippen LogP contribution in [-0.4, -0.2) is 31.3 Å². The average molecular weight is 269 g/mol. The highest BCUT2D eigenvalue weighted by Crippen LogP contribution is 2.20. The van der Waals surface area contributed by atoms with Gasteiger partial charge in [-0.1, -0.05) is 12.1 Å². The van der Waals surface area contributed by atoms with Crippen LogP contribution in [0.1, 0.15) is 0 Å². The molecule has 102 valence electrons. The van der Waals surface area contributed by atoms with Crippen molar-refractivity contribution in [3.8, 4) is 0 Å². The Morgan fingerprint density at radius 1 is 0.800 bits per heavy atom. The lowest BCUT2D eigenvalue weighted by Crippen LogP contribution is -2.29. The molecule has 0 amide bonds. The molecular weight excluding hydrogens is 253 g/mol. The van der Waals surface area contributed by atoms with Crippen molar-refractivity contribution in [2.24, 2.45) is 10.2 Å². The number of nitrogens with zero attached hydrogens (tertiary/aromatic N) is 3. The largest absolute Gasteiger partial charge is 0.488 e. The minimum atomic E-state index is -1.46. The normalized spacial score (nSPS) is 10.8. The van der Waals surface area contributed by atoms with Crippen molar-refractivity contribution in [3.63, 3.8) is 0 Å². The number of anilines is 1. The van der Waals surface area contributed by atoms with E-state index in [1.807, 2.05) is 43.3 Å². The molecule has 0 aromatic heterocycles. The average Bonchev–Trinajstić information content (AvgIpc) is 2.46. The van der Waals surface area contributed by atoms with Gasteiger partial charge in [-0.3, -0.25) is 0 Å². The molecule has 20 heavy (non-hydrogen) atoms. The Morgan fingerprint density at radius 2 is 1.25 bits per heavy atom. The van der Waals surface area contributed by atoms with Crippen LogP contribution < -0.4 is 10.4 Å². The van der Waals surface area contributed by atoms with Gasteiger partial charge in [0, 0.05) is 19.8 Å². The maximum Gasteiger partial charge on any atom is 0.488 e. The molecule has 2 aromatic carbocycles. The van der Waals surface area contributed by atoms with E-state index in [1.54, 1.807) is 24.3 Å². The van der Waals surface area contributed by atoms with Gasteiger partial charge in [-0.25, -0.2) is 0 Å². The van der Waals surface area contributed by atoms with Crippen molar-refractivity contribution < 1.29 is 10.0 Å². The van der Waals surface area contributed by atoms with E-state index in [-0.39, 0.29) is 0 Å². The van der Waals surface area contributed by atoms with Gasteiger partial charge in [0.25, 0.3) is 0 Å². The summed E-state index contributed by atoms with van der Waals surface area (Å²) in [5, 5.41) is 26.2. The van der Waals surface area contributed by atoms with Crippen LogP contribution >= 0.6 is 0 Å².